The third-order valence-corrected chi connectivity index (χ3v) is 13.5. The van der Waals surface area contributed by atoms with Gasteiger partial charge in [0.2, 0.25) is 0 Å². The molecule has 0 saturated carbocycles. The molecule has 0 unspecified atom stereocenters. The molecule has 1 nitrogen and oxygen atoms in total. The van der Waals surface area contributed by atoms with E-state index in [1.165, 1.54) is 100 Å². The zero-order valence-corrected chi connectivity index (χ0v) is 35.5. The van der Waals surface area contributed by atoms with Gasteiger partial charge < -0.3 is 4.90 Å². The van der Waals surface area contributed by atoms with Gasteiger partial charge >= 0.3 is 0 Å². The largest absolute Gasteiger partial charge is 0.310 e. The molecule has 0 amide bonds. The Morgan fingerprint density at radius 1 is 0.339 bits per heavy atom. The number of anilines is 3. The van der Waals surface area contributed by atoms with Gasteiger partial charge in [0.05, 0.1) is 0 Å². The molecule has 0 radical (unpaired) electrons. The molecule has 9 aromatic rings. The number of benzene rings is 9. The molecular formula is C61H49N. The number of hydrogen-bond acceptors (Lipinski definition) is 1. The maximum atomic E-state index is 2.55. The smallest absolute Gasteiger partial charge is 0.0496 e. The van der Waals surface area contributed by atoms with Gasteiger partial charge in [-0.25, -0.2) is 0 Å². The first kappa shape index (κ1) is 37.8. The Balaban J connectivity index is 1.09. The lowest BCUT2D eigenvalue weighted by molar-refractivity contribution is 0.660. The maximum absolute atomic E-state index is 2.55. The topological polar surface area (TPSA) is 3.24 Å². The van der Waals surface area contributed by atoms with Crippen molar-refractivity contribution < 1.29 is 0 Å². The van der Waals surface area contributed by atoms with Crippen LogP contribution in [0.5, 0.6) is 0 Å². The van der Waals surface area contributed by atoms with Crippen molar-refractivity contribution in [3.63, 3.8) is 0 Å². The van der Waals surface area contributed by atoms with E-state index in [9.17, 15) is 0 Å². The van der Waals surface area contributed by atoms with Gasteiger partial charge in [-0.05, 0) is 145 Å². The Hall–Kier alpha value is -7.22. The van der Waals surface area contributed by atoms with Crippen molar-refractivity contribution in [2.24, 2.45) is 0 Å². The van der Waals surface area contributed by atoms with Gasteiger partial charge in [-0.2, -0.15) is 0 Å². The Kier molecular flexibility index (Phi) is 9.54. The third kappa shape index (κ3) is 6.75. The molecule has 0 fully saturated rings. The Morgan fingerprint density at radius 3 is 1.44 bits per heavy atom. The summed E-state index contributed by atoms with van der Waals surface area (Å²) in [6.07, 6.45) is 3.96. The summed E-state index contributed by atoms with van der Waals surface area (Å²) in [4.78, 5) is 2.55. The predicted octanol–water partition coefficient (Wildman–Crippen LogP) is 16.0. The van der Waals surface area contributed by atoms with Crippen LogP contribution in [0.1, 0.15) is 47.2 Å². The van der Waals surface area contributed by atoms with Gasteiger partial charge in [-0.3, -0.25) is 0 Å². The van der Waals surface area contributed by atoms with E-state index in [2.05, 4.69) is 231 Å². The van der Waals surface area contributed by atoms with Crippen molar-refractivity contribution in [2.75, 3.05) is 4.90 Å². The van der Waals surface area contributed by atoms with Crippen LogP contribution in [0.15, 0.2) is 212 Å². The molecule has 0 atom stereocenters. The first-order valence-electron chi connectivity index (χ1n) is 22.2. The van der Waals surface area contributed by atoms with E-state index in [4.69, 9.17) is 0 Å². The van der Waals surface area contributed by atoms with Gasteiger partial charge in [0.25, 0.3) is 0 Å². The van der Waals surface area contributed by atoms with Crippen molar-refractivity contribution >= 4 is 17.1 Å². The predicted molar refractivity (Wildman–Crippen MR) is 262 cm³/mol. The molecule has 0 heterocycles. The van der Waals surface area contributed by atoms with Crippen LogP contribution < -0.4 is 4.90 Å². The van der Waals surface area contributed by atoms with Crippen molar-refractivity contribution in [1.29, 1.82) is 0 Å². The van der Waals surface area contributed by atoms with Crippen molar-refractivity contribution in [1.82, 2.24) is 0 Å². The minimum atomic E-state index is -0.177. The van der Waals surface area contributed by atoms with E-state index in [0.717, 1.165) is 31.4 Å². The van der Waals surface area contributed by atoms with Crippen LogP contribution in [0, 0.1) is 0 Å². The molecule has 62 heavy (non-hydrogen) atoms. The molecule has 14 rings (SSSR count). The molecule has 0 aromatic heterocycles. The van der Waals surface area contributed by atoms with Crippen LogP contribution in [0.25, 0.3) is 55.6 Å². The van der Waals surface area contributed by atoms with Crippen molar-refractivity contribution in [3.05, 3.63) is 246 Å². The van der Waals surface area contributed by atoms with Gasteiger partial charge in [0.15, 0.2) is 0 Å². The van der Waals surface area contributed by atoms with E-state index in [1.54, 1.807) is 0 Å². The Bertz CT molecular complexity index is 2990. The SMILES string of the molecule is CC1(C)c2cc(N(c3ccc(-c4c(-c5ccccc5)cccc4-c4ccccc4)cc3)c3cc4ccc3CCc3ccc(cc3)CC4)ccc2-c2c(-c3ccccc3)cccc21. The van der Waals surface area contributed by atoms with E-state index < -0.39 is 0 Å². The van der Waals surface area contributed by atoms with Gasteiger partial charge in [0.1, 0.15) is 0 Å². The van der Waals surface area contributed by atoms with Crippen LogP contribution >= 0.6 is 0 Å². The molecule has 0 N–H and O–H groups in total. The second kappa shape index (κ2) is 15.7. The fourth-order valence-corrected chi connectivity index (χ4v) is 10.2. The van der Waals surface area contributed by atoms with Gasteiger partial charge in [-0.1, -0.05) is 196 Å². The summed E-state index contributed by atoms with van der Waals surface area (Å²) in [5, 5.41) is 0. The molecule has 9 aromatic carbocycles. The van der Waals surface area contributed by atoms with Crippen LogP contribution in [-0.2, 0) is 31.1 Å². The van der Waals surface area contributed by atoms with Crippen LogP contribution in [0.4, 0.5) is 17.1 Å². The summed E-state index contributed by atoms with van der Waals surface area (Å²) in [5.41, 5.74) is 24.3. The quantitative estimate of drug-likeness (QED) is 0.155. The first-order valence-corrected chi connectivity index (χ1v) is 22.2. The lowest BCUT2D eigenvalue weighted by atomic mass is 9.81. The van der Waals surface area contributed by atoms with Gasteiger partial charge in [-0.15, -0.1) is 0 Å². The summed E-state index contributed by atoms with van der Waals surface area (Å²) in [7, 11) is 0. The average Bonchev–Trinajstić information content (AvgIpc) is 3.56. The lowest BCUT2D eigenvalue weighted by Crippen LogP contribution is -2.17. The van der Waals surface area contributed by atoms with Gasteiger partial charge in [0, 0.05) is 22.5 Å². The minimum absolute atomic E-state index is 0.177. The molecule has 0 saturated heterocycles. The average molecular weight is 796 g/mol. The fraction of sp³-hybridized carbons (Fsp3) is 0.115. The summed E-state index contributed by atoms with van der Waals surface area (Å²) in [6.45, 7) is 4.80. The normalized spacial score (nSPS) is 13.5. The number of aryl methyl sites for hydroxylation is 4. The summed E-state index contributed by atoms with van der Waals surface area (Å²) in [5.74, 6) is 0. The Morgan fingerprint density at radius 2 is 0.839 bits per heavy atom. The van der Waals surface area contributed by atoms with Crippen LogP contribution in [0.3, 0.4) is 0 Å². The molecule has 1 heteroatoms. The summed E-state index contributed by atoms with van der Waals surface area (Å²) >= 11 is 0. The standard InChI is InChI=1S/C61H49N/c1-61(2)56-23-13-22-54(47-18-10-5-11-19-47)60(56)55-39-38-51(41-57(55)61)62(58-40-44-29-28-42-24-26-43(27-25-42)30-32-48(58)33-31-44)50-36-34-49(35-37-50)59-52(45-14-6-3-7-15-45)20-12-21-53(59)46-16-8-4-9-17-46/h3-27,31,33-41H,28-30,32H2,1-2H3. The highest BCUT2D eigenvalue weighted by molar-refractivity contribution is 5.96. The first-order chi connectivity index (χ1) is 30.5. The monoisotopic (exact) mass is 795 g/mol. The second-order valence-electron chi connectivity index (χ2n) is 17.6. The molecular weight excluding hydrogens is 747 g/mol. The van der Waals surface area contributed by atoms with E-state index >= 15 is 0 Å². The zero-order valence-electron chi connectivity index (χ0n) is 35.5. The maximum Gasteiger partial charge on any atom is 0.0496 e. The van der Waals surface area contributed by atoms with Crippen molar-refractivity contribution in [2.45, 2.75) is 44.9 Å². The van der Waals surface area contributed by atoms with Crippen molar-refractivity contribution in [3.8, 4) is 55.6 Å². The molecule has 0 spiro atoms. The molecule has 4 bridgehead atoms. The highest BCUT2D eigenvalue weighted by atomic mass is 15.1. The lowest BCUT2D eigenvalue weighted by Gasteiger charge is -2.30. The number of nitrogens with zero attached hydrogens (tertiary/aromatic N) is 1. The number of rotatable bonds is 7. The molecule has 5 aliphatic rings. The van der Waals surface area contributed by atoms with E-state index in [-0.39, 0.29) is 5.41 Å². The third-order valence-electron chi connectivity index (χ3n) is 13.5. The molecule has 5 aliphatic carbocycles. The Labute approximate surface area is 366 Å². The van der Waals surface area contributed by atoms with E-state index in [1.807, 2.05) is 0 Å². The zero-order chi connectivity index (χ0) is 41.6. The molecule has 0 aliphatic heterocycles. The summed E-state index contributed by atoms with van der Waals surface area (Å²) < 4.78 is 0. The minimum Gasteiger partial charge on any atom is -0.310 e. The van der Waals surface area contributed by atoms with Crippen LogP contribution in [-0.4, -0.2) is 0 Å². The highest BCUT2D eigenvalue weighted by Crippen LogP contribution is 2.54. The van der Waals surface area contributed by atoms with Crippen LogP contribution in [0.2, 0.25) is 0 Å². The second-order valence-corrected chi connectivity index (χ2v) is 17.6. The number of fused-ring (bicyclic) bond motifs is 3. The highest BCUT2D eigenvalue weighted by Gasteiger charge is 2.37. The molecule has 298 valence electrons. The fourth-order valence-electron chi connectivity index (χ4n) is 10.2. The summed E-state index contributed by atoms with van der Waals surface area (Å²) in [6, 6.07) is 79.3. The number of hydrogen-bond donors (Lipinski definition) is 0. The van der Waals surface area contributed by atoms with E-state index in [0.29, 0.717) is 0 Å².